The number of esters is 1. The Balaban J connectivity index is 2.02. The standard InChI is InChI=1S/C17H30O4/c1-3-7-14-8-10-15(11-9-14)17(19)21-13-6-5-12-20-16(18)4-2/h4,14-15,17,19H,2-3,5-13H2,1H3. The van der Waals surface area contributed by atoms with Crippen LogP contribution in [0.15, 0.2) is 12.7 Å². The van der Waals surface area contributed by atoms with Crippen LogP contribution in [0.3, 0.4) is 0 Å². The fourth-order valence-electron chi connectivity index (χ4n) is 2.95. The van der Waals surface area contributed by atoms with Crippen molar-refractivity contribution in [3.8, 4) is 0 Å². The zero-order chi connectivity index (χ0) is 15.5. The van der Waals surface area contributed by atoms with Crippen molar-refractivity contribution in [3.63, 3.8) is 0 Å². The lowest BCUT2D eigenvalue weighted by molar-refractivity contribution is -0.145. The number of carbonyl (C=O) groups excluding carboxylic acids is 1. The highest BCUT2D eigenvalue weighted by Gasteiger charge is 2.26. The highest BCUT2D eigenvalue weighted by Crippen LogP contribution is 2.33. The number of aliphatic hydroxyl groups is 1. The molecule has 0 radical (unpaired) electrons. The second-order valence-electron chi connectivity index (χ2n) is 5.91. The minimum absolute atomic E-state index is 0.289. The van der Waals surface area contributed by atoms with Gasteiger partial charge in [0.1, 0.15) is 0 Å². The van der Waals surface area contributed by atoms with Crippen LogP contribution >= 0.6 is 0 Å². The van der Waals surface area contributed by atoms with Crippen LogP contribution < -0.4 is 0 Å². The van der Waals surface area contributed by atoms with E-state index >= 15 is 0 Å². The molecule has 0 aromatic rings. The summed E-state index contributed by atoms with van der Waals surface area (Å²) < 4.78 is 10.4. The molecule has 1 saturated carbocycles. The van der Waals surface area contributed by atoms with Gasteiger partial charge in [-0.15, -0.1) is 0 Å². The number of hydrogen-bond acceptors (Lipinski definition) is 4. The maximum absolute atomic E-state index is 10.8. The van der Waals surface area contributed by atoms with E-state index in [9.17, 15) is 9.90 Å². The van der Waals surface area contributed by atoms with Gasteiger partial charge in [-0.2, -0.15) is 0 Å². The SMILES string of the molecule is C=CC(=O)OCCCCOC(O)C1CCC(CCC)CC1. The van der Waals surface area contributed by atoms with E-state index in [1.54, 1.807) is 0 Å². The lowest BCUT2D eigenvalue weighted by Gasteiger charge is -2.31. The molecule has 0 aromatic heterocycles. The molecular formula is C17H30O4. The van der Waals surface area contributed by atoms with Crippen molar-refractivity contribution in [1.29, 1.82) is 0 Å². The molecule has 0 saturated heterocycles. The monoisotopic (exact) mass is 298 g/mol. The summed E-state index contributed by atoms with van der Waals surface area (Å²) in [6.07, 6.45) is 9.21. The van der Waals surface area contributed by atoms with Crippen molar-refractivity contribution in [2.45, 2.75) is 64.6 Å². The van der Waals surface area contributed by atoms with E-state index in [0.29, 0.717) is 13.2 Å². The van der Waals surface area contributed by atoms with Gasteiger partial charge in [0.2, 0.25) is 0 Å². The predicted molar refractivity (Wildman–Crippen MR) is 82.7 cm³/mol. The largest absolute Gasteiger partial charge is 0.463 e. The van der Waals surface area contributed by atoms with Crippen LogP contribution in [0.1, 0.15) is 58.3 Å². The molecule has 0 aliphatic heterocycles. The second kappa shape index (κ2) is 10.8. The first-order valence-electron chi connectivity index (χ1n) is 8.26. The molecule has 0 heterocycles. The van der Waals surface area contributed by atoms with Gasteiger partial charge in [0.15, 0.2) is 6.29 Å². The second-order valence-corrected chi connectivity index (χ2v) is 5.91. The third-order valence-electron chi connectivity index (χ3n) is 4.23. The van der Waals surface area contributed by atoms with Gasteiger partial charge in [-0.25, -0.2) is 4.79 Å². The van der Waals surface area contributed by atoms with Crippen LogP contribution in [0.5, 0.6) is 0 Å². The maximum Gasteiger partial charge on any atom is 0.330 e. The summed E-state index contributed by atoms with van der Waals surface area (Å²) in [6, 6.07) is 0. The quantitative estimate of drug-likeness (QED) is 0.290. The molecular weight excluding hydrogens is 268 g/mol. The Labute approximate surface area is 128 Å². The Morgan fingerprint density at radius 2 is 1.95 bits per heavy atom. The van der Waals surface area contributed by atoms with Crippen LogP contribution in [-0.4, -0.2) is 30.6 Å². The molecule has 1 aliphatic carbocycles. The summed E-state index contributed by atoms with van der Waals surface area (Å²) in [5, 5.41) is 10.1. The number of carbonyl (C=O) groups is 1. The first-order chi connectivity index (χ1) is 10.2. The molecule has 1 N–H and O–H groups in total. The van der Waals surface area contributed by atoms with Crippen molar-refractivity contribution < 1.29 is 19.4 Å². The molecule has 1 atom stereocenters. The first kappa shape index (κ1) is 18.2. The average molecular weight is 298 g/mol. The van der Waals surface area contributed by atoms with Crippen molar-refractivity contribution >= 4 is 5.97 Å². The van der Waals surface area contributed by atoms with Gasteiger partial charge in [-0.05, 0) is 44.4 Å². The third kappa shape index (κ3) is 7.63. The Hall–Kier alpha value is -0.870. The molecule has 1 fully saturated rings. The van der Waals surface area contributed by atoms with Crippen LogP contribution in [-0.2, 0) is 14.3 Å². The number of unbranched alkanes of at least 4 members (excludes halogenated alkanes) is 1. The zero-order valence-corrected chi connectivity index (χ0v) is 13.3. The normalized spacial score (nSPS) is 23.5. The Bertz CT molecular complexity index is 295. The topological polar surface area (TPSA) is 55.8 Å². The summed E-state index contributed by atoms with van der Waals surface area (Å²) in [5.41, 5.74) is 0. The van der Waals surface area contributed by atoms with Crippen LogP contribution in [0.25, 0.3) is 0 Å². The number of ether oxygens (including phenoxy) is 2. The van der Waals surface area contributed by atoms with Crippen LogP contribution in [0, 0.1) is 11.8 Å². The van der Waals surface area contributed by atoms with Crippen LogP contribution in [0.4, 0.5) is 0 Å². The molecule has 21 heavy (non-hydrogen) atoms. The van der Waals surface area contributed by atoms with Gasteiger partial charge in [0.25, 0.3) is 0 Å². The molecule has 4 nitrogen and oxygen atoms in total. The molecule has 1 aliphatic rings. The smallest absolute Gasteiger partial charge is 0.330 e. The third-order valence-corrected chi connectivity index (χ3v) is 4.23. The molecule has 0 amide bonds. The van der Waals surface area contributed by atoms with E-state index < -0.39 is 6.29 Å². The van der Waals surface area contributed by atoms with Gasteiger partial charge in [0.05, 0.1) is 6.61 Å². The first-order valence-corrected chi connectivity index (χ1v) is 8.26. The average Bonchev–Trinajstić information content (AvgIpc) is 2.51. The van der Waals surface area contributed by atoms with E-state index in [2.05, 4.69) is 13.5 Å². The van der Waals surface area contributed by atoms with Gasteiger partial charge in [-0.1, -0.05) is 26.3 Å². The van der Waals surface area contributed by atoms with Gasteiger partial charge in [0, 0.05) is 18.6 Å². The predicted octanol–water partition coefficient (Wildman–Crippen LogP) is 3.44. The number of hydrogen-bond donors (Lipinski definition) is 1. The minimum atomic E-state index is -0.636. The van der Waals surface area contributed by atoms with Gasteiger partial charge in [-0.3, -0.25) is 0 Å². The van der Waals surface area contributed by atoms with E-state index in [-0.39, 0.29) is 11.9 Å². The van der Waals surface area contributed by atoms with Crippen molar-refractivity contribution in [3.05, 3.63) is 12.7 Å². The summed E-state index contributed by atoms with van der Waals surface area (Å²) in [6.45, 7) is 6.46. The fourth-order valence-corrected chi connectivity index (χ4v) is 2.95. The van der Waals surface area contributed by atoms with E-state index in [1.807, 2.05) is 0 Å². The highest BCUT2D eigenvalue weighted by molar-refractivity contribution is 5.81. The summed E-state index contributed by atoms with van der Waals surface area (Å²) in [5.74, 6) is 0.745. The fraction of sp³-hybridized carbons (Fsp3) is 0.824. The Morgan fingerprint density at radius 3 is 2.57 bits per heavy atom. The van der Waals surface area contributed by atoms with Gasteiger partial charge >= 0.3 is 5.97 Å². The highest BCUT2D eigenvalue weighted by atomic mass is 16.6. The lowest BCUT2D eigenvalue weighted by atomic mass is 9.80. The van der Waals surface area contributed by atoms with Crippen molar-refractivity contribution in [2.24, 2.45) is 11.8 Å². The summed E-state index contributed by atoms with van der Waals surface area (Å²) >= 11 is 0. The Kier molecular flexibility index (Phi) is 9.35. The molecule has 0 aromatic carbocycles. The molecule has 0 spiro atoms. The van der Waals surface area contributed by atoms with E-state index in [4.69, 9.17) is 9.47 Å². The molecule has 122 valence electrons. The molecule has 1 unspecified atom stereocenters. The van der Waals surface area contributed by atoms with Crippen LogP contribution in [0.2, 0.25) is 0 Å². The van der Waals surface area contributed by atoms with E-state index in [1.165, 1.54) is 25.7 Å². The Morgan fingerprint density at radius 1 is 1.29 bits per heavy atom. The van der Waals surface area contributed by atoms with E-state index in [0.717, 1.165) is 37.7 Å². The van der Waals surface area contributed by atoms with Crippen molar-refractivity contribution in [1.82, 2.24) is 0 Å². The molecule has 1 rings (SSSR count). The number of aliphatic hydroxyl groups excluding tert-OH is 1. The molecule has 0 bridgehead atoms. The van der Waals surface area contributed by atoms with Crippen molar-refractivity contribution in [2.75, 3.05) is 13.2 Å². The molecule has 4 heteroatoms. The lowest BCUT2D eigenvalue weighted by Crippen LogP contribution is -2.28. The minimum Gasteiger partial charge on any atom is -0.463 e. The zero-order valence-electron chi connectivity index (χ0n) is 13.3. The maximum atomic E-state index is 10.8. The summed E-state index contributed by atoms with van der Waals surface area (Å²) in [4.78, 5) is 10.8. The van der Waals surface area contributed by atoms with Gasteiger partial charge < -0.3 is 14.6 Å². The number of rotatable bonds is 10. The summed E-state index contributed by atoms with van der Waals surface area (Å²) in [7, 11) is 0.